The fourth-order valence-electron chi connectivity index (χ4n) is 4.00. The zero-order valence-electron chi connectivity index (χ0n) is 19.0. The predicted molar refractivity (Wildman–Crippen MR) is 137 cm³/mol. The smallest absolute Gasteiger partial charge is 0.273 e. The van der Waals surface area contributed by atoms with Gasteiger partial charge in [-0.05, 0) is 42.6 Å². The maximum atomic E-state index is 13.3. The minimum absolute atomic E-state index is 0.0377. The first-order chi connectivity index (χ1) is 16.6. The molecule has 0 saturated heterocycles. The number of benzene rings is 2. The number of aryl methyl sites for hydroxylation is 1. The summed E-state index contributed by atoms with van der Waals surface area (Å²) in [4.78, 5) is 33.1. The Labute approximate surface area is 205 Å². The van der Waals surface area contributed by atoms with Gasteiger partial charge in [-0.25, -0.2) is 4.98 Å². The highest BCUT2D eigenvalue weighted by molar-refractivity contribution is 7.99. The third kappa shape index (κ3) is 4.21. The Hall–Kier alpha value is -3.17. The molecule has 0 saturated carbocycles. The van der Waals surface area contributed by atoms with Crippen LogP contribution in [0.2, 0.25) is 0 Å². The molecule has 0 atom stereocenters. The number of hydrogen-bond donors (Lipinski definition) is 0. The lowest BCUT2D eigenvalue weighted by atomic mass is 10.1. The summed E-state index contributed by atoms with van der Waals surface area (Å²) in [5, 5.41) is 0.544. The van der Waals surface area contributed by atoms with Crippen molar-refractivity contribution in [2.45, 2.75) is 32.0 Å². The highest BCUT2D eigenvalue weighted by Gasteiger charge is 2.25. The van der Waals surface area contributed by atoms with Crippen LogP contribution in [0.4, 0.5) is 5.69 Å². The van der Waals surface area contributed by atoms with Crippen molar-refractivity contribution < 1.29 is 9.53 Å². The molecule has 0 unspecified atom stereocenters. The van der Waals surface area contributed by atoms with E-state index in [1.165, 1.54) is 23.3 Å². The van der Waals surface area contributed by atoms with E-state index in [0.29, 0.717) is 40.8 Å². The molecule has 34 heavy (non-hydrogen) atoms. The van der Waals surface area contributed by atoms with E-state index >= 15 is 0 Å². The number of carbonyl (C=O) groups is 1. The summed E-state index contributed by atoms with van der Waals surface area (Å²) in [5.74, 6) is 0.853. The third-order valence-corrected chi connectivity index (χ3v) is 7.43. The highest BCUT2D eigenvalue weighted by Crippen LogP contribution is 2.34. The van der Waals surface area contributed by atoms with E-state index < -0.39 is 0 Å². The predicted octanol–water partition coefficient (Wildman–Crippen LogP) is 4.76. The molecule has 0 aliphatic carbocycles. The van der Waals surface area contributed by atoms with Crippen molar-refractivity contribution in [2.24, 2.45) is 0 Å². The van der Waals surface area contributed by atoms with Gasteiger partial charge in [-0.1, -0.05) is 55.1 Å². The summed E-state index contributed by atoms with van der Waals surface area (Å²) in [6.07, 6.45) is 0.787. The van der Waals surface area contributed by atoms with Crippen LogP contribution in [0.15, 0.2) is 58.5 Å². The van der Waals surface area contributed by atoms with Gasteiger partial charge in [0.1, 0.15) is 28.3 Å². The minimum atomic E-state index is -0.103. The number of ether oxygens (including phenoxy) is 1. The number of amides is 1. The Balaban J connectivity index is 1.48. The SMILES string of the molecule is CCCn1c(SCC(=O)N2CCOc3ccc(C)cc32)nc2c(-c3ccccc3)nsc2c1=O. The van der Waals surface area contributed by atoms with Crippen LogP contribution < -0.4 is 15.2 Å². The van der Waals surface area contributed by atoms with Gasteiger partial charge >= 0.3 is 0 Å². The maximum Gasteiger partial charge on any atom is 0.273 e. The average molecular weight is 493 g/mol. The molecule has 1 aliphatic rings. The highest BCUT2D eigenvalue weighted by atomic mass is 32.2. The fraction of sp³-hybridized carbons (Fsp3) is 0.280. The van der Waals surface area contributed by atoms with E-state index in [0.717, 1.165) is 29.0 Å². The minimum Gasteiger partial charge on any atom is -0.490 e. The normalized spacial score (nSPS) is 13.1. The van der Waals surface area contributed by atoms with Crippen LogP contribution in [0.5, 0.6) is 5.75 Å². The van der Waals surface area contributed by atoms with Crippen molar-refractivity contribution in [1.29, 1.82) is 0 Å². The lowest BCUT2D eigenvalue weighted by molar-refractivity contribution is -0.116. The van der Waals surface area contributed by atoms with Crippen LogP contribution in [0.1, 0.15) is 18.9 Å². The topological polar surface area (TPSA) is 77.3 Å². The second kappa shape index (κ2) is 9.60. The summed E-state index contributed by atoms with van der Waals surface area (Å²) in [6, 6.07) is 15.6. The van der Waals surface area contributed by atoms with Gasteiger partial charge in [0.25, 0.3) is 5.56 Å². The van der Waals surface area contributed by atoms with Crippen molar-refractivity contribution in [3.8, 4) is 17.0 Å². The van der Waals surface area contributed by atoms with Crippen LogP contribution in [0.25, 0.3) is 21.5 Å². The quantitative estimate of drug-likeness (QED) is 0.285. The third-order valence-electron chi connectivity index (χ3n) is 5.64. The first-order valence-electron chi connectivity index (χ1n) is 11.2. The van der Waals surface area contributed by atoms with Gasteiger partial charge in [0.15, 0.2) is 5.16 Å². The van der Waals surface area contributed by atoms with Gasteiger partial charge in [0.05, 0.1) is 18.0 Å². The molecule has 1 amide bonds. The first-order valence-corrected chi connectivity index (χ1v) is 12.9. The maximum absolute atomic E-state index is 13.3. The largest absolute Gasteiger partial charge is 0.490 e. The van der Waals surface area contributed by atoms with Crippen molar-refractivity contribution in [1.82, 2.24) is 13.9 Å². The van der Waals surface area contributed by atoms with Crippen LogP contribution >= 0.6 is 23.3 Å². The van der Waals surface area contributed by atoms with Gasteiger partial charge in [0.2, 0.25) is 5.91 Å². The second-order valence-electron chi connectivity index (χ2n) is 8.08. The molecule has 0 N–H and O–H groups in total. The lowest BCUT2D eigenvalue weighted by Gasteiger charge is -2.29. The summed E-state index contributed by atoms with van der Waals surface area (Å²) in [5.41, 5.74) is 3.97. The molecule has 0 radical (unpaired) electrons. The zero-order chi connectivity index (χ0) is 23.7. The Kier molecular flexibility index (Phi) is 6.38. The van der Waals surface area contributed by atoms with Crippen molar-refractivity contribution in [3.05, 3.63) is 64.4 Å². The zero-order valence-corrected chi connectivity index (χ0v) is 20.6. The average Bonchev–Trinajstić information content (AvgIpc) is 3.29. The molecule has 2 aromatic heterocycles. The molecule has 4 aromatic rings. The Morgan fingerprint density at radius 1 is 1.21 bits per heavy atom. The Morgan fingerprint density at radius 2 is 2.03 bits per heavy atom. The van der Waals surface area contributed by atoms with Gasteiger partial charge in [-0.2, -0.15) is 4.37 Å². The number of anilines is 1. The van der Waals surface area contributed by atoms with Gasteiger partial charge in [0, 0.05) is 12.1 Å². The van der Waals surface area contributed by atoms with Gasteiger partial charge in [-0.15, -0.1) is 0 Å². The molecule has 0 bridgehead atoms. The summed E-state index contributed by atoms with van der Waals surface area (Å²) >= 11 is 2.48. The number of aromatic nitrogens is 3. The molecule has 1 aliphatic heterocycles. The molecule has 9 heteroatoms. The summed E-state index contributed by atoms with van der Waals surface area (Å²) in [6.45, 7) is 5.50. The number of carbonyl (C=O) groups excluding carboxylic acids is 1. The molecule has 174 valence electrons. The molecule has 7 nitrogen and oxygen atoms in total. The van der Waals surface area contributed by atoms with Crippen LogP contribution in [-0.4, -0.2) is 38.7 Å². The van der Waals surface area contributed by atoms with Crippen LogP contribution in [-0.2, 0) is 11.3 Å². The monoisotopic (exact) mass is 492 g/mol. The van der Waals surface area contributed by atoms with E-state index in [1.54, 1.807) is 9.47 Å². The van der Waals surface area contributed by atoms with Crippen molar-refractivity contribution in [3.63, 3.8) is 0 Å². The van der Waals surface area contributed by atoms with E-state index in [4.69, 9.17) is 9.72 Å². The first kappa shape index (κ1) is 22.6. The van der Waals surface area contributed by atoms with Crippen molar-refractivity contribution in [2.75, 3.05) is 23.8 Å². The van der Waals surface area contributed by atoms with Gasteiger partial charge in [-0.3, -0.25) is 14.2 Å². The summed E-state index contributed by atoms with van der Waals surface area (Å²) < 4.78 is 12.5. The molecular weight excluding hydrogens is 468 g/mol. The number of hydrogen-bond acceptors (Lipinski definition) is 7. The lowest BCUT2D eigenvalue weighted by Crippen LogP contribution is -2.39. The Bertz CT molecular complexity index is 1420. The summed E-state index contributed by atoms with van der Waals surface area (Å²) in [7, 11) is 0. The van der Waals surface area contributed by atoms with Crippen LogP contribution in [0.3, 0.4) is 0 Å². The number of thioether (sulfide) groups is 1. The standard InChI is InChI=1S/C25H24N4O3S2/c1-3-11-29-24(31)23-22(21(27-34-23)17-7-5-4-6-8-17)26-25(29)33-15-20(30)28-12-13-32-19-10-9-16(2)14-18(19)28/h4-10,14H,3,11-13,15H2,1-2H3. The number of fused-ring (bicyclic) bond motifs is 2. The second-order valence-corrected chi connectivity index (χ2v) is 9.80. The van der Waals surface area contributed by atoms with Gasteiger partial charge < -0.3 is 9.64 Å². The molecule has 0 spiro atoms. The van der Waals surface area contributed by atoms with E-state index in [2.05, 4.69) is 4.37 Å². The fourth-order valence-corrected chi connectivity index (χ4v) is 5.69. The molecular formula is C25H24N4O3S2. The number of rotatable bonds is 6. The van der Waals surface area contributed by atoms with Crippen molar-refractivity contribution >= 4 is 45.1 Å². The van der Waals surface area contributed by atoms with E-state index in [1.807, 2.05) is 62.4 Å². The van der Waals surface area contributed by atoms with Crippen LogP contribution in [0, 0.1) is 6.92 Å². The van der Waals surface area contributed by atoms with E-state index in [-0.39, 0.29) is 17.2 Å². The molecule has 0 fully saturated rings. The molecule has 5 rings (SSSR count). The van der Waals surface area contributed by atoms with E-state index in [9.17, 15) is 9.59 Å². The Morgan fingerprint density at radius 3 is 2.82 bits per heavy atom. The molecule has 2 aromatic carbocycles. The number of nitrogens with zero attached hydrogens (tertiary/aromatic N) is 4. The molecule has 3 heterocycles.